The van der Waals surface area contributed by atoms with Crippen molar-refractivity contribution in [1.82, 2.24) is 14.7 Å². The van der Waals surface area contributed by atoms with Gasteiger partial charge in [-0.25, -0.2) is 0 Å². The van der Waals surface area contributed by atoms with Crippen molar-refractivity contribution in [2.75, 3.05) is 13.1 Å². The number of hydrogen-bond donors (Lipinski definition) is 1. The Hall–Kier alpha value is -0.580. The van der Waals surface area contributed by atoms with Gasteiger partial charge in [0.2, 0.25) is 0 Å². The van der Waals surface area contributed by atoms with Gasteiger partial charge in [0.1, 0.15) is 0 Å². The number of aryl methyl sites for hydroxylation is 1. The Kier molecular flexibility index (Phi) is 4.77. The van der Waals surface area contributed by atoms with Crippen LogP contribution in [0.25, 0.3) is 0 Å². The molecule has 16 heavy (non-hydrogen) atoms. The van der Waals surface area contributed by atoms with Crippen LogP contribution >= 0.6 is 12.4 Å². The van der Waals surface area contributed by atoms with Crippen molar-refractivity contribution >= 4 is 12.4 Å². The first kappa shape index (κ1) is 13.5. The summed E-state index contributed by atoms with van der Waals surface area (Å²) in [7, 11) is 1.99. The standard InChI is InChI=1S/C11H20N4.ClH/c1-9-7-15(6-4-11(9)12)8-10-3-5-13-14(10)2;/h3,5,9,11H,4,6-8,12H2,1-2H3;1H. The predicted molar refractivity (Wildman–Crippen MR) is 67.5 cm³/mol. The third kappa shape index (κ3) is 2.97. The molecule has 1 saturated heterocycles. The molecular formula is C11H21ClN4. The molecule has 1 aliphatic rings. The molecule has 2 atom stereocenters. The molecule has 2 heterocycles. The molecule has 5 heteroatoms. The lowest BCUT2D eigenvalue weighted by Crippen LogP contribution is -2.45. The van der Waals surface area contributed by atoms with E-state index >= 15 is 0 Å². The quantitative estimate of drug-likeness (QED) is 0.845. The van der Waals surface area contributed by atoms with Gasteiger partial charge in [-0.15, -0.1) is 12.4 Å². The van der Waals surface area contributed by atoms with E-state index in [4.69, 9.17) is 5.73 Å². The summed E-state index contributed by atoms with van der Waals surface area (Å²) < 4.78 is 1.94. The van der Waals surface area contributed by atoms with Crippen LogP contribution in [0.2, 0.25) is 0 Å². The molecule has 1 fully saturated rings. The minimum Gasteiger partial charge on any atom is -0.327 e. The van der Waals surface area contributed by atoms with Gasteiger partial charge in [-0.1, -0.05) is 6.92 Å². The molecule has 92 valence electrons. The summed E-state index contributed by atoms with van der Waals surface area (Å²) in [5.74, 6) is 0.604. The minimum atomic E-state index is 0. The van der Waals surface area contributed by atoms with E-state index in [2.05, 4.69) is 23.0 Å². The van der Waals surface area contributed by atoms with E-state index in [-0.39, 0.29) is 12.4 Å². The third-order valence-electron chi connectivity index (χ3n) is 3.36. The van der Waals surface area contributed by atoms with Gasteiger partial charge in [0.15, 0.2) is 0 Å². The maximum atomic E-state index is 6.00. The Bertz CT molecular complexity index is 326. The van der Waals surface area contributed by atoms with Gasteiger partial charge in [-0.05, 0) is 18.4 Å². The van der Waals surface area contributed by atoms with Gasteiger partial charge in [0.25, 0.3) is 0 Å². The number of piperidine rings is 1. The van der Waals surface area contributed by atoms with Gasteiger partial charge in [-0.2, -0.15) is 5.10 Å². The average molecular weight is 245 g/mol. The first-order chi connectivity index (χ1) is 7.16. The van der Waals surface area contributed by atoms with Gasteiger partial charge < -0.3 is 5.73 Å². The SMILES string of the molecule is CC1CN(Cc2ccnn2C)CCC1N.Cl. The van der Waals surface area contributed by atoms with Crippen LogP contribution in [0.15, 0.2) is 12.3 Å². The zero-order chi connectivity index (χ0) is 10.8. The summed E-state index contributed by atoms with van der Waals surface area (Å²) in [6.45, 7) is 5.44. The third-order valence-corrected chi connectivity index (χ3v) is 3.36. The summed E-state index contributed by atoms with van der Waals surface area (Å²) in [5, 5.41) is 4.18. The van der Waals surface area contributed by atoms with Crippen molar-refractivity contribution < 1.29 is 0 Å². The maximum absolute atomic E-state index is 6.00. The van der Waals surface area contributed by atoms with Crippen molar-refractivity contribution in [1.29, 1.82) is 0 Å². The largest absolute Gasteiger partial charge is 0.327 e. The fourth-order valence-corrected chi connectivity index (χ4v) is 2.18. The topological polar surface area (TPSA) is 47.1 Å². The van der Waals surface area contributed by atoms with Gasteiger partial charge in [0, 0.05) is 38.9 Å². The first-order valence-electron chi connectivity index (χ1n) is 5.61. The minimum absolute atomic E-state index is 0. The Morgan fingerprint density at radius 2 is 2.31 bits per heavy atom. The molecule has 4 nitrogen and oxygen atoms in total. The maximum Gasteiger partial charge on any atom is 0.0521 e. The van der Waals surface area contributed by atoms with Crippen LogP contribution in [-0.4, -0.2) is 33.8 Å². The van der Waals surface area contributed by atoms with Crippen LogP contribution in [0.5, 0.6) is 0 Å². The van der Waals surface area contributed by atoms with E-state index in [1.807, 2.05) is 17.9 Å². The number of hydrogen-bond acceptors (Lipinski definition) is 3. The molecule has 0 bridgehead atoms. The molecule has 0 aliphatic carbocycles. The summed E-state index contributed by atoms with van der Waals surface area (Å²) in [6, 6.07) is 2.46. The average Bonchev–Trinajstić information content (AvgIpc) is 2.59. The zero-order valence-electron chi connectivity index (χ0n) is 9.97. The second-order valence-electron chi connectivity index (χ2n) is 4.61. The van der Waals surface area contributed by atoms with Gasteiger partial charge in [0.05, 0.1) is 5.69 Å². The van der Waals surface area contributed by atoms with E-state index < -0.39 is 0 Å². The van der Waals surface area contributed by atoms with Crippen molar-refractivity contribution in [3.05, 3.63) is 18.0 Å². The molecular weight excluding hydrogens is 224 g/mol. The molecule has 0 spiro atoms. The molecule has 1 aliphatic heterocycles. The highest BCUT2D eigenvalue weighted by Crippen LogP contribution is 2.16. The van der Waals surface area contributed by atoms with Gasteiger partial charge in [-0.3, -0.25) is 9.58 Å². The summed E-state index contributed by atoms with van der Waals surface area (Å²) in [6.07, 6.45) is 2.97. The molecule has 1 aromatic rings. The van der Waals surface area contributed by atoms with Crippen LogP contribution in [0, 0.1) is 5.92 Å². The van der Waals surface area contributed by atoms with Crippen molar-refractivity contribution in [3.63, 3.8) is 0 Å². The summed E-state index contributed by atoms with van der Waals surface area (Å²) in [5.41, 5.74) is 7.28. The highest BCUT2D eigenvalue weighted by molar-refractivity contribution is 5.85. The van der Waals surface area contributed by atoms with Crippen LogP contribution in [-0.2, 0) is 13.6 Å². The second-order valence-corrected chi connectivity index (χ2v) is 4.61. The first-order valence-corrected chi connectivity index (χ1v) is 5.61. The normalized spacial score (nSPS) is 26.4. The Morgan fingerprint density at radius 3 is 2.88 bits per heavy atom. The highest BCUT2D eigenvalue weighted by atomic mass is 35.5. The lowest BCUT2D eigenvalue weighted by Gasteiger charge is -2.34. The number of rotatable bonds is 2. The van der Waals surface area contributed by atoms with E-state index in [0.29, 0.717) is 12.0 Å². The predicted octanol–water partition coefficient (Wildman–Crippen LogP) is 1.01. The van der Waals surface area contributed by atoms with Crippen LogP contribution in [0.3, 0.4) is 0 Å². The molecule has 0 aromatic carbocycles. The van der Waals surface area contributed by atoms with E-state index in [0.717, 1.165) is 26.1 Å². The molecule has 2 N–H and O–H groups in total. The number of nitrogens with zero attached hydrogens (tertiary/aromatic N) is 3. The Labute approximate surface area is 103 Å². The number of likely N-dealkylation sites (tertiary alicyclic amines) is 1. The molecule has 0 radical (unpaired) electrons. The fourth-order valence-electron chi connectivity index (χ4n) is 2.18. The Morgan fingerprint density at radius 1 is 1.56 bits per heavy atom. The van der Waals surface area contributed by atoms with Crippen molar-refractivity contribution in [2.24, 2.45) is 18.7 Å². The van der Waals surface area contributed by atoms with Crippen molar-refractivity contribution in [2.45, 2.75) is 25.9 Å². The molecule has 2 rings (SSSR count). The van der Waals surface area contributed by atoms with Crippen LogP contribution in [0.4, 0.5) is 0 Å². The zero-order valence-corrected chi connectivity index (χ0v) is 10.8. The van der Waals surface area contributed by atoms with E-state index in [9.17, 15) is 0 Å². The molecule has 1 aromatic heterocycles. The van der Waals surface area contributed by atoms with Crippen molar-refractivity contribution in [3.8, 4) is 0 Å². The Balaban J connectivity index is 0.00000128. The number of halogens is 1. The lowest BCUT2D eigenvalue weighted by atomic mass is 9.95. The van der Waals surface area contributed by atoms with Gasteiger partial charge >= 0.3 is 0 Å². The second kappa shape index (κ2) is 5.66. The molecule has 2 unspecified atom stereocenters. The summed E-state index contributed by atoms with van der Waals surface area (Å²) >= 11 is 0. The van der Waals surface area contributed by atoms with E-state index in [1.165, 1.54) is 5.69 Å². The van der Waals surface area contributed by atoms with Crippen LogP contribution in [0.1, 0.15) is 19.0 Å². The monoisotopic (exact) mass is 244 g/mol. The number of nitrogens with two attached hydrogens (primary N) is 1. The van der Waals surface area contributed by atoms with Crippen LogP contribution < -0.4 is 5.73 Å². The fraction of sp³-hybridized carbons (Fsp3) is 0.727. The summed E-state index contributed by atoms with van der Waals surface area (Å²) in [4.78, 5) is 2.46. The van der Waals surface area contributed by atoms with E-state index in [1.54, 1.807) is 0 Å². The molecule has 0 amide bonds. The highest BCUT2D eigenvalue weighted by Gasteiger charge is 2.23. The number of aromatic nitrogens is 2. The lowest BCUT2D eigenvalue weighted by molar-refractivity contribution is 0.154. The smallest absolute Gasteiger partial charge is 0.0521 e. The molecule has 0 saturated carbocycles.